The van der Waals surface area contributed by atoms with E-state index in [1.807, 2.05) is 0 Å². The number of aldehydes is 1. The van der Waals surface area contributed by atoms with Gasteiger partial charge in [0.25, 0.3) is 0 Å². The number of benzene rings is 1. The van der Waals surface area contributed by atoms with E-state index < -0.39 is 0 Å². The van der Waals surface area contributed by atoms with Crippen LogP contribution in [0.1, 0.15) is 17.3 Å². The zero-order valence-electron chi connectivity index (χ0n) is 11.6. The zero-order chi connectivity index (χ0) is 14.8. The van der Waals surface area contributed by atoms with E-state index in [2.05, 4.69) is 0 Å². The molecule has 0 saturated carbocycles. The molecule has 0 radical (unpaired) electrons. The molecule has 5 nitrogen and oxygen atoms in total. The van der Waals surface area contributed by atoms with Gasteiger partial charge in [-0.25, -0.2) is 0 Å². The Morgan fingerprint density at radius 2 is 2.15 bits per heavy atom. The molecule has 0 spiro atoms. The summed E-state index contributed by atoms with van der Waals surface area (Å²) < 4.78 is 15.5. The Bertz CT molecular complexity index is 447. The van der Waals surface area contributed by atoms with Gasteiger partial charge < -0.3 is 14.2 Å². The first kappa shape index (κ1) is 16.4. The minimum absolute atomic E-state index is 0.217. The first-order chi connectivity index (χ1) is 9.71. The Hall–Kier alpha value is -1.69. The van der Waals surface area contributed by atoms with Gasteiger partial charge in [0.1, 0.15) is 6.29 Å². The Morgan fingerprint density at radius 1 is 1.35 bits per heavy atom. The smallest absolute Gasteiger partial charge is 0.315 e. The summed E-state index contributed by atoms with van der Waals surface area (Å²) in [7, 11) is 1.52. The Balaban J connectivity index is 2.35. The van der Waals surface area contributed by atoms with Crippen molar-refractivity contribution >= 4 is 24.0 Å². The van der Waals surface area contributed by atoms with E-state index in [1.165, 1.54) is 18.9 Å². The second kappa shape index (κ2) is 9.25. The second-order valence-electron chi connectivity index (χ2n) is 3.73. The fraction of sp³-hybridized carbons (Fsp3) is 0.429. The van der Waals surface area contributed by atoms with E-state index >= 15 is 0 Å². The lowest BCUT2D eigenvalue weighted by Gasteiger charge is -2.10. The molecule has 6 heteroatoms. The Morgan fingerprint density at radius 3 is 2.80 bits per heavy atom. The summed E-state index contributed by atoms with van der Waals surface area (Å²) in [5.41, 5.74) is 0.533. The summed E-state index contributed by atoms with van der Waals surface area (Å²) in [5.74, 6) is 1.86. The summed E-state index contributed by atoms with van der Waals surface area (Å²) in [6.45, 7) is 2.62. The summed E-state index contributed by atoms with van der Waals surface area (Å²) in [6.07, 6.45) is 0.751. The highest BCUT2D eigenvalue weighted by molar-refractivity contribution is 7.99. The van der Waals surface area contributed by atoms with Crippen molar-refractivity contribution in [1.29, 1.82) is 0 Å². The van der Waals surface area contributed by atoms with Crippen molar-refractivity contribution in [2.45, 2.75) is 6.92 Å². The molecule has 20 heavy (non-hydrogen) atoms. The molecule has 1 aromatic carbocycles. The lowest BCUT2D eigenvalue weighted by atomic mass is 10.2. The molecule has 0 atom stereocenters. The molecule has 0 aromatic heterocycles. The standard InChI is InChI=1S/C14H18O5S/c1-3-18-14(16)10-20-7-6-19-12-5-4-11(9-15)8-13(12)17-2/h4-5,8-9H,3,6-7,10H2,1-2H3. The minimum atomic E-state index is -0.217. The van der Waals surface area contributed by atoms with Gasteiger partial charge in [-0.2, -0.15) is 0 Å². The van der Waals surface area contributed by atoms with Gasteiger partial charge in [0.05, 0.1) is 26.1 Å². The van der Waals surface area contributed by atoms with Crippen molar-refractivity contribution in [3.05, 3.63) is 23.8 Å². The van der Waals surface area contributed by atoms with Crippen LogP contribution in [0, 0.1) is 0 Å². The number of methoxy groups -OCH3 is 1. The lowest BCUT2D eigenvalue weighted by Crippen LogP contribution is -2.09. The number of rotatable bonds is 9. The highest BCUT2D eigenvalue weighted by Crippen LogP contribution is 2.27. The average Bonchev–Trinajstić information content (AvgIpc) is 2.47. The van der Waals surface area contributed by atoms with Gasteiger partial charge in [0.15, 0.2) is 11.5 Å². The Kier molecular flexibility index (Phi) is 7.57. The zero-order valence-corrected chi connectivity index (χ0v) is 12.4. The molecule has 0 unspecified atom stereocenters. The van der Waals surface area contributed by atoms with Gasteiger partial charge in [0.2, 0.25) is 0 Å². The van der Waals surface area contributed by atoms with Crippen molar-refractivity contribution < 1.29 is 23.8 Å². The van der Waals surface area contributed by atoms with Crippen LogP contribution in [-0.4, -0.2) is 44.1 Å². The number of hydrogen-bond donors (Lipinski definition) is 0. The molecule has 0 amide bonds. The van der Waals surface area contributed by atoms with Crippen LogP contribution < -0.4 is 9.47 Å². The largest absolute Gasteiger partial charge is 0.493 e. The highest BCUT2D eigenvalue weighted by atomic mass is 32.2. The minimum Gasteiger partial charge on any atom is -0.493 e. The Labute approximate surface area is 122 Å². The third-order valence-corrected chi connectivity index (χ3v) is 3.23. The predicted octanol–water partition coefficient (Wildman–Crippen LogP) is 2.18. The number of carbonyl (C=O) groups excluding carboxylic acids is 2. The quantitative estimate of drug-likeness (QED) is 0.395. The van der Waals surface area contributed by atoms with E-state index in [1.54, 1.807) is 25.1 Å². The van der Waals surface area contributed by atoms with Crippen molar-refractivity contribution in [3.8, 4) is 11.5 Å². The van der Waals surface area contributed by atoms with E-state index in [4.69, 9.17) is 14.2 Å². The molecule has 1 rings (SSSR count). The molecular weight excluding hydrogens is 280 g/mol. The van der Waals surface area contributed by atoms with Crippen molar-refractivity contribution in [2.75, 3.05) is 31.8 Å². The van der Waals surface area contributed by atoms with Gasteiger partial charge in [0, 0.05) is 11.3 Å². The molecule has 1 aromatic rings. The van der Waals surface area contributed by atoms with Crippen LogP contribution in [0.3, 0.4) is 0 Å². The van der Waals surface area contributed by atoms with Crippen LogP contribution in [0.5, 0.6) is 11.5 Å². The summed E-state index contributed by atoms with van der Waals surface area (Å²) >= 11 is 1.45. The van der Waals surface area contributed by atoms with Crippen molar-refractivity contribution in [1.82, 2.24) is 0 Å². The molecule has 0 aliphatic heterocycles. The van der Waals surface area contributed by atoms with Crippen LogP contribution in [0.4, 0.5) is 0 Å². The van der Waals surface area contributed by atoms with Gasteiger partial charge in [-0.15, -0.1) is 11.8 Å². The number of esters is 1. The van der Waals surface area contributed by atoms with E-state index in [0.717, 1.165) is 6.29 Å². The molecule has 0 fully saturated rings. The fourth-order valence-electron chi connectivity index (χ4n) is 1.45. The third-order valence-electron chi connectivity index (χ3n) is 2.33. The maximum absolute atomic E-state index is 11.1. The SMILES string of the molecule is CCOC(=O)CSCCOc1ccc(C=O)cc1OC. The van der Waals surface area contributed by atoms with Crippen LogP contribution in [0.2, 0.25) is 0 Å². The summed E-state index contributed by atoms with van der Waals surface area (Å²) in [5, 5.41) is 0. The second-order valence-corrected chi connectivity index (χ2v) is 4.84. The first-order valence-electron chi connectivity index (χ1n) is 6.20. The highest BCUT2D eigenvalue weighted by Gasteiger charge is 2.06. The normalized spacial score (nSPS) is 9.90. The van der Waals surface area contributed by atoms with Crippen LogP contribution in [0.25, 0.3) is 0 Å². The van der Waals surface area contributed by atoms with Gasteiger partial charge in [-0.05, 0) is 25.1 Å². The van der Waals surface area contributed by atoms with Gasteiger partial charge in [-0.3, -0.25) is 9.59 Å². The molecule has 0 aliphatic rings. The van der Waals surface area contributed by atoms with Crippen LogP contribution in [0.15, 0.2) is 18.2 Å². The molecule has 0 bridgehead atoms. The maximum Gasteiger partial charge on any atom is 0.315 e. The summed E-state index contributed by atoms with van der Waals surface area (Å²) in [6, 6.07) is 4.98. The number of hydrogen-bond acceptors (Lipinski definition) is 6. The molecule has 0 N–H and O–H groups in total. The topological polar surface area (TPSA) is 61.8 Å². The monoisotopic (exact) mass is 298 g/mol. The average molecular weight is 298 g/mol. The molecule has 0 heterocycles. The van der Waals surface area contributed by atoms with E-state index in [0.29, 0.717) is 41.8 Å². The fourth-order valence-corrected chi connectivity index (χ4v) is 2.04. The molecule has 110 valence electrons. The first-order valence-corrected chi connectivity index (χ1v) is 7.36. The number of thioether (sulfide) groups is 1. The van der Waals surface area contributed by atoms with Crippen molar-refractivity contribution in [3.63, 3.8) is 0 Å². The van der Waals surface area contributed by atoms with Crippen LogP contribution >= 0.6 is 11.8 Å². The number of carbonyl (C=O) groups is 2. The van der Waals surface area contributed by atoms with Gasteiger partial charge in [-0.1, -0.05) is 0 Å². The molecular formula is C14H18O5S. The predicted molar refractivity (Wildman–Crippen MR) is 77.8 cm³/mol. The maximum atomic E-state index is 11.1. The molecule has 0 aliphatic carbocycles. The number of ether oxygens (including phenoxy) is 3. The lowest BCUT2D eigenvalue weighted by molar-refractivity contribution is -0.139. The van der Waals surface area contributed by atoms with E-state index in [-0.39, 0.29) is 5.97 Å². The van der Waals surface area contributed by atoms with Crippen LogP contribution in [-0.2, 0) is 9.53 Å². The molecule has 0 saturated heterocycles. The van der Waals surface area contributed by atoms with Gasteiger partial charge >= 0.3 is 5.97 Å². The van der Waals surface area contributed by atoms with E-state index in [9.17, 15) is 9.59 Å². The van der Waals surface area contributed by atoms with Crippen molar-refractivity contribution in [2.24, 2.45) is 0 Å². The summed E-state index contributed by atoms with van der Waals surface area (Å²) in [4.78, 5) is 21.8. The third kappa shape index (κ3) is 5.52.